The van der Waals surface area contributed by atoms with Gasteiger partial charge < -0.3 is 14.6 Å². The normalized spacial score (nSPS) is 59.1. The van der Waals surface area contributed by atoms with E-state index in [-0.39, 0.29) is 4.90 Å². The summed E-state index contributed by atoms with van der Waals surface area (Å²) in [6, 6.07) is -1.11. The van der Waals surface area contributed by atoms with Crippen LogP contribution < -0.4 is 9.47 Å². The van der Waals surface area contributed by atoms with Crippen LogP contribution in [0, 0.1) is 11.8 Å². The van der Waals surface area contributed by atoms with Gasteiger partial charge in [0.25, 0.3) is 0 Å². The van der Waals surface area contributed by atoms with Crippen LogP contribution in [0.3, 0.4) is 0 Å². The molecule has 0 aliphatic carbocycles. The highest BCUT2D eigenvalue weighted by molar-refractivity contribution is 5.49. The molecule has 4 heteroatoms. The van der Waals surface area contributed by atoms with Gasteiger partial charge in [-0.2, -0.15) is 0 Å². The van der Waals surface area contributed by atoms with Crippen LogP contribution in [0.1, 0.15) is 69.7 Å². The molecule has 1 N–H and O–H groups in total. The molecule has 4 nitrogen and oxygen atoms in total. The van der Waals surface area contributed by atoms with Gasteiger partial charge in [0.2, 0.25) is 0 Å². The van der Waals surface area contributed by atoms with Crippen molar-refractivity contribution in [2.24, 2.45) is 11.8 Å². The molecule has 2 aliphatic heterocycles. The first-order chi connectivity index (χ1) is 18.2. The summed E-state index contributed by atoms with van der Waals surface area (Å²) >= 11 is 0. The van der Waals surface area contributed by atoms with Crippen LogP contribution in [0.25, 0.3) is 0 Å². The Bertz CT molecular complexity index is 1250. The molecule has 1 saturated heterocycles. The average Bonchev–Trinajstić information content (AvgIpc) is 2.77. The molecule has 4 unspecified atom stereocenters. The number of aliphatic hydroxyl groups is 1. The summed E-state index contributed by atoms with van der Waals surface area (Å²) in [5.74, 6) is -8.99. The third kappa shape index (κ3) is 3.20. The number of nitrogens with zero attached hydrogens (tertiary/aromatic N) is 1. The number of piperidine rings is 1. The van der Waals surface area contributed by atoms with Crippen molar-refractivity contribution in [2.75, 3.05) is 27.1 Å². The highest BCUT2D eigenvalue weighted by Gasteiger charge is 2.38. The summed E-state index contributed by atoms with van der Waals surface area (Å²) < 4.78 is 168. The first-order valence-corrected chi connectivity index (χ1v) is 6.68. The van der Waals surface area contributed by atoms with E-state index in [0.29, 0.717) is 13.0 Å². The van der Waals surface area contributed by atoms with Gasteiger partial charge in [-0.1, -0.05) is 13.8 Å². The Morgan fingerprint density at radius 1 is 1.57 bits per heavy atom. The van der Waals surface area contributed by atoms with Gasteiger partial charge >= 0.3 is 0 Å². The second kappa shape index (κ2) is 6.70. The summed E-state index contributed by atoms with van der Waals surface area (Å²) in [5, 5.41) is 11.4. The molecule has 0 amide bonds. The fourth-order valence-electron chi connectivity index (χ4n) is 2.36. The lowest BCUT2D eigenvalue weighted by Gasteiger charge is -2.46. The Balaban J connectivity index is 2.54. The van der Waals surface area contributed by atoms with Crippen LogP contribution in [0.4, 0.5) is 0 Å². The Labute approximate surface area is 166 Å². The monoisotopic (exact) mass is 338 g/mol. The summed E-state index contributed by atoms with van der Waals surface area (Å²) in [5.41, 5.74) is -1.46. The van der Waals surface area contributed by atoms with Crippen LogP contribution >= 0.6 is 0 Å². The van der Waals surface area contributed by atoms with Gasteiger partial charge in [0.1, 0.15) is 0 Å². The first-order valence-electron chi connectivity index (χ1n) is 16.2. The number of aryl methyl sites for hydroxylation is 1. The molecule has 1 fully saturated rings. The number of fused-ring (bicyclic) bond motifs is 3. The largest absolute Gasteiger partial charge is 0.493 e. The van der Waals surface area contributed by atoms with Gasteiger partial charge in [0.15, 0.2) is 11.5 Å². The molecule has 128 valence electrons. The van der Waals surface area contributed by atoms with Crippen molar-refractivity contribution in [1.82, 2.24) is 4.90 Å². The minimum absolute atomic E-state index is 0.239. The van der Waals surface area contributed by atoms with E-state index in [4.69, 9.17) is 35.5 Å². The van der Waals surface area contributed by atoms with Gasteiger partial charge in [-0.05, 0) is 54.2 Å². The number of ether oxygens (including phenoxy) is 2. The zero-order valence-electron chi connectivity index (χ0n) is 31.4. The fraction of sp³-hybridized carbons (Fsp3) is 0.684. The van der Waals surface area contributed by atoms with E-state index in [1.165, 1.54) is 0 Å². The molecule has 23 heavy (non-hydrogen) atoms. The molecular formula is C19H29NO3. The maximum atomic E-state index is 11.4. The van der Waals surface area contributed by atoms with E-state index in [2.05, 4.69) is 0 Å². The van der Waals surface area contributed by atoms with E-state index in [9.17, 15) is 5.11 Å². The Hall–Kier alpha value is -1.26. The SMILES string of the molecule is [2H]C([2H])([2H])Oc1cc2c(cc1OC)C([2H])([2H])C([2H])([2H])N1C2C([2H])([2H])C([2H])(O)C([2H])(C([2H])([2H])C([2H])(C)C([2H])([2H])[2H])C1([2H])[2H]. The highest BCUT2D eigenvalue weighted by atomic mass is 16.5. The quantitative estimate of drug-likeness (QED) is 0.916. The molecule has 4 atom stereocenters. The van der Waals surface area contributed by atoms with E-state index in [1.807, 2.05) is 0 Å². The zero-order valence-corrected chi connectivity index (χ0v) is 12.4. The molecule has 0 spiro atoms. The van der Waals surface area contributed by atoms with Gasteiger partial charge in [-0.3, -0.25) is 4.90 Å². The Morgan fingerprint density at radius 3 is 3.13 bits per heavy atom. The van der Waals surface area contributed by atoms with E-state index >= 15 is 0 Å². The van der Waals surface area contributed by atoms with Gasteiger partial charge in [-0.25, -0.2) is 0 Å². The average molecular weight is 339 g/mol. The molecule has 2 aliphatic rings. The number of hydrogen-bond acceptors (Lipinski definition) is 4. The summed E-state index contributed by atoms with van der Waals surface area (Å²) in [4.78, 5) is -0.239. The van der Waals surface area contributed by atoms with Crippen molar-refractivity contribution in [2.45, 2.75) is 45.0 Å². The number of benzene rings is 1. The van der Waals surface area contributed by atoms with Crippen molar-refractivity contribution in [3.8, 4) is 11.5 Å². The Morgan fingerprint density at radius 2 is 2.39 bits per heavy atom. The lowest BCUT2D eigenvalue weighted by molar-refractivity contribution is -0.0191. The lowest BCUT2D eigenvalue weighted by Crippen LogP contribution is -2.48. The molecule has 0 bridgehead atoms. The maximum Gasteiger partial charge on any atom is 0.161 e. The van der Waals surface area contributed by atoms with E-state index in [1.54, 1.807) is 0 Å². The minimum Gasteiger partial charge on any atom is -0.493 e. The van der Waals surface area contributed by atoms with Crippen molar-refractivity contribution in [1.29, 1.82) is 0 Å². The second-order valence-electron chi connectivity index (χ2n) is 4.93. The third-order valence-electron chi connectivity index (χ3n) is 3.36. The van der Waals surface area contributed by atoms with Gasteiger partial charge in [-0.15, -0.1) is 0 Å². The van der Waals surface area contributed by atoms with Crippen molar-refractivity contribution in [3.05, 3.63) is 23.3 Å². The molecule has 1 aromatic carbocycles. The molecule has 1 aromatic rings. The summed E-state index contributed by atoms with van der Waals surface area (Å²) in [6.45, 7) is -11.1. The number of methoxy groups -OCH3 is 2. The fourth-order valence-corrected chi connectivity index (χ4v) is 2.36. The van der Waals surface area contributed by atoms with E-state index < -0.39 is 92.5 Å². The smallest absolute Gasteiger partial charge is 0.161 e. The topological polar surface area (TPSA) is 41.9 Å². The first kappa shape index (κ1) is 5.12. The molecule has 0 radical (unpaired) electrons. The van der Waals surface area contributed by atoms with Crippen LogP contribution in [-0.2, 0) is 6.37 Å². The highest BCUT2D eigenvalue weighted by Crippen LogP contribution is 2.43. The standard InChI is InChI=1S/C19H29NO3/c1-12(2)7-14-11-20-6-5-13-8-18(22-3)19(23-4)9-15(13)16(20)10-17(14)21/h8-9,12,14,16-17,21H,5-7,10-11H2,1-4H3/i1D3,4D3,5D2,6D2,7D2,10D2,11D2,12D,14D,17D. The summed E-state index contributed by atoms with van der Waals surface area (Å²) in [6.07, 6.45) is -15.7. The predicted octanol–water partition coefficient (Wildman–Crippen LogP) is 3.03. The number of hydrogen-bond donors (Lipinski definition) is 1. The minimum atomic E-state index is -4.36. The van der Waals surface area contributed by atoms with Gasteiger partial charge in [0.05, 0.1) is 25.7 Å². The van der Waals surface area contributed by atoms with Crippen LogP contribution in [-0.4, -0.2) is 43.2 Å². The molecule has 0 saturated carbocycles. The Kier molecular flexibility index (Phi) is 1.49. The third-order valence-corrected chi connectivity index (χ3v) is 3.36. The number of rotatable bonds is 4. The lowest BCUT2D eigenvalue weighted by atomic mass is 9.79. The van der Waals surface area contributed by atoms with Gasteiger partial charge in [0, 0.05) is 39.6 Å². The molecule has 0 aromatic heterocycles. The predicted molar refractivity (Wildman–Crippen MR) is 91.1 cm³/mol. The van der Waals surface area contributed by atoms with Crippen LogP contribution in [0.2, 0.25) is 0 Å². The van der Waals surface area contributed by atoms with Crippen molar-refractivity contribution < 1.29 is 40.6 Å². The summed E-state index contributed by atoms with van der Waals surface area (Å²) in [7, 11) is -2.12. The molecule has 3 rings (SSSR count). The molecule has 2 heterocycles. The van der Waals surface area contributed by atoms with E-state index in [0.717, 1.165) is 13.2 Å². The second-order valence-corrected chi connectivity index (χ2v) is 4.93. The van der Waals surface area contributed by atoms with Crippen molar-refractivity contribution in [3.63, 3.8) is 0 Å². The van der Waals surface area contributed by atoms with Crippen LogP contribution in [0.5, 0.6) is 11.5 Å². The van der Waals surface area contributed by atoms with Crippen LogP contribution in [0.15, 0.2) is 12.1 Å². The maximum absolute atomic E-state index is 11.4. The zero-order chi connectivity index (χ0) is 33.3. The van der Waals surface area contributed by atoms with Crippen molar-refractivity contribution >= 4 is 0 Å². The molecular weight excluding hydrogens is 290 g/mol.